The molecule has 0 saturated carbocycles. The van der Waals surface area contributed by atoms with E-state index >= 15 is 0 Å². The maximum Gasteiger partial charge on any atom is 0.130 e. The molecule has 1 aromatic heterocycles. The summed E-state index contributed by atoms with van der Waals surface area (Å²) in [5.41, 5.74) is 4.51. The van der Waals surface area contributed by atoms with Crippen LogP contribution >= 0.6 is 15.9 Å². The van der Waals surface area contributed by atoms with E-state index in [9.17, 15) is 0 Å². The van der Waals surface area contributed by atoms with E-state index in [1.54, 1.807) is 7.11 Å². The number of benzene rings is 1. The molecular weight excluding hydrogens is 304 g/mol. The predicted octanol–water partition coefficient (Wildman–Crippen LogP) is 4.52. The van der Waals surface area contributed by atoms with Crippen LogP contribution in [0.25, 0.3) is 0 Å². The Balaban J connectivity index is 2.33. The van der Waals surface area contributed by atoms with Crippen molar-refractivity contribution in [3.8, 4) is 5.75 Å². The molecular formula is C15H17BrN2O. The number of anilines is 2. The van der Waals surface area contributed by atoms with E-state index in [1.807, 2.05) is 31.3 Å². The number of pyridine rings is 1. The molecule has 0 bridgehead atoms. The fourth-order valence-electron chi connectivity index (χ4n) is 1.90. The van der Waals surface area contributed by atoms with Crippen molar-refractivity contribution in [1.29, 1.82) is 0 Å². The van der Waals surface area contributed by atoms with E-state index in [1.165, 1.54) is 5.56 Å². The van der Waals surface area contributed by atoms with E-state index in [0.29, 0.717) is 0 Å². The van der Waals surface area contributed by atoms with E-state index in [2.05, 4.69) is 40.1 Å². The molecule has 0 atom stereocenters. The molecule has 1 heterocycles. The number of halogens is 1. The summed E-state index contributed by atoms with van der Waals surface area (Å²) in [4.78, 5) is 4.36. The Kier molecular flexibility index (Phi) is 4.10. The van der Waals surface area contributed by atoms with E-state index in [-0.39, 0.29) is 0 Å². The number of hydrogen-bond acceptors (Lipinski definition) is 3. The Morgan fingerprint density at radius 3 is 2.53 bits per heavy atom. The molecule has 1 aromatic carbocycles. The highest BCUT2D eigenvalue weighted by Crippen LogP contribution is 2.29. The van der Waals surface area contributed by atoms with Gasteiger partial charge in [0.2, 0.25) is 0 Å². The lowest BCUT2D eigenvalue weighted by atomic mass is 10.1. The molecule has 19 heavy (non-hydrogen) atoms. The highest BCUT2D eigenvalue weighted by Gasteiger charge is 2.07. The van der Waals surface area contributed by atoms with Crippen LogP contribution in [0.2, 0.25) is 0 Å². The number of aromatic nitrogens is 1. The first kappa shape index (κ1) is 13.9. The van der Waals surface area contributed by atoms with Crippen molar-refractivity contribution < 1.29 is 4.74 Å². The average molecular weight is 321 g/mol. The molecule has 2 aromatic rings. The van der Waals surface area contributed by atoms with Crippen molar-refractivity contribution in [2.24, 2.45) is 0 Å². The molecule has 0 radical (unpaired) electrons. The van der Waals surface area contributed by atoms with E-state index in [0.717, 1.165) is 32.9 Å². The molecule has 0 aliphatic carbocycles. The Morgan fingerprint density at radius 1 is 1.16 bits per heavy atom. The number of ether oxygens (including phenoxy) is 1. The molecule has 0 aliphatic rings. The van der Waals surface area contributed by atoms with Crippen molar-refractivity contribution in [3.63, 3.8) is 0 Å². The minimum absolute atomic E-state index is 0.841. The standard InChI is InChI=1S/C15H17BrN2O/c1-9-7-15(17-8-12(9)16)18-13-5-6-14(19-4)11(3)10(13)2/h5-8H,1-4H3,(H,17,18). The highest BCUT2D eigenvalue weighted by atomic mass is 79.9. The molecule has 4 heteroatoms. The van der Waals surface area contributed by atoms with Gasteiger partial charge in [-0.1, -0.05) is 0 Å². The van der Waals surface area contributed by atoms with Crippen LogP contribution < -0.4 is 10.1 Å². The molecule has 100 valence electrons. The summed E-state index contributed by atoms with van der Waals surface area (Å²) < 4.78 is 6.33. The van der Waals surface area contributed by atoms with Gasteiger partial charge in [-0.2, -0.15) is 0 Å². The minimum Gasteiger partial charge on any atom is -0.496 e. The molecule has 0 saturated heterocycles. The summed E-state index contributed by atoms with van der Waals surface area (Å²) in [6.07, 6.45) is 1.81. The second-order valence-corrected chi connectivity index (χ2v) is 5.36. The first-order chi connectivity index (χ1) is 9.02. The fourth-order valence-corrected chi connectivity index (χ4v) is 2.11. The van der Waals surface area contributed by atoms with Gasteiger partial charge < -0.3 is 10.1 Å². The SMILES string of the molecule is COc1ccc(Nc2cc(C)c(Br)cn2)c(C)c1C. The molecule has 0 aliphatic heterocycles. The highest BCUT2D eigenvalue weighted by molar-refractivity contribution is 9.10. The fraction of sp³-hybridized carbons (Fsp3) is 0.267. The summed E-state index contributed by atoms with van der Waals surface area (Å²) >= 11 is 3.45. The van der Waals surface area contributed by atoms with Gasteiger partial charge in [0, 0.05) is 16.4 Å². The molecule has 2 rings (SSSR count). The number of hydrogen-bond donors (Lipinski definition) is 1. The van der Waals surface area contributed by atoms with Crippen LogP contribution in [0.1, 0.15) is 16.7 Å². The van der Waals surface area contributed by atoms with Gasteiger partial charge in [-0.25, -0.2) is 4.98 Å². The zero-order valence-corrected chi connectivity index (χ0v) is 13.1. The molecule has 0 amide bonds. The number of aryl methyl sites for hydroxylation is 1. The number of methoxy groups -OCH3 is 1. The van der Waals surface area contributed by atoms with Crippen LogP contribution in [-0.4, -0.2) is 12.1 Å². The van der Waals surface area contributed by atoms with Crippen LogP contribution in [0, 0.1) is 20.8 Å². The summed E-state index contributed by atoms with van der Waals surface area (Å²) in [6, 6.07) is 6.00. The molecule has 1 N–H and O–H groups in total. The van der Waals surface area contributed by atoms with Crippen LogP contribution in [-0.2, 0) is 0 Å². The lowest BCUT2D eigenvalue weighted by Gasteiger charge is -2.14. The first-order valence-electron chi connectivity index (χ1n) is 6.06. The van der Waals surface area contributed by atoms with Gasteiger partial charge in [0.15, 0.2) is 0 Å². The third kappa shape index (κ3) is 2.89. The molecule has 3 nitrogen and oxygen atoms in total. The van der Waals surface area contributed by atoms with Gasteiger partial charge in [-0.15, -0.1) is 0 Å². The number of nitrogens with one attached hydrogen (secondary N) is 1. The van der Waals surface area contributed by atoms with Gasteiger partial charge in [-0.3, -0.25) is 0 Å². The first-order valence-corrected chi connectivity index (χ1v) is 6.85. The van der Waals surface area contributed by atoms with Gasteiger partial charge in [0.25, 0.3) is 0 Å². The van der Waals surface area contributed by atoms with Crippen molar-refractivity contribution in [2.45, 2.75) is 20.8 Å². The normalized spacial score (nSPS) is 10.4. The lowest BCUT2D eigenvalue weighted by Crippen LogP contribution is -1.99. The molecule has 0 fully saturated rings. The Bertz CT molecular complexity index is 611. The van der Waals surface area contributed by atoms with Crippen LogP contribution in [0.5, 0.6) is 5.75 Å². The second kappa shape index (κ2) is 5.61. The van der Waals surface area contributed by atoms with Crippen molar-refractivity contribution in [2.75, 3.05) is 12.4 Å². The van der Waals surface area contributed by atoms with Gasteiger partial charge in [0.05, 0.1) is 7.11 Å². The van der Waals surface area contributed by atoms with Crippen LogP contribution in [0.15, 0.2) is 28.9 Å². The van der Waals surface area contributed by atoms with Crippen LogP contribution in [0.3, 0.4) is 0 Å². The third-order valence-electron chi connectivity index (χ3n) is 3.27. The zero-order valence-electron chi connectivity index (χ0n) is 11.5. The van der Waals surface area contributed by atoms with Gasteiger partial charge in [-0.05, 0) is 71.6 Å². The Morgan fingerprint density at radius 2 is 1.89 bits per heavy atom. The minimum atomic E-state index is 0.841. The van der Waals surface area contributed by atoms with E-state index in [4.69, 9.17) is 4.74 Å². The predicted molar refractivity (Wildman–Crippen MR) is 82.4 cm³/mol. The monoisotopic (exact) mass is 320 g/mol. The summed E-state index contributed by atoms with van der Waals surface area (Å²) in [7, 11) is 1.69. The summed E-state index contributed by atoms with van der Waals surface area (Å²) in [5, 5.41) is 3.34. The Hall–Kier alpha value is -1.55. The van der Waals surface area contributed by atoms with E-state index < -0.39 is 0 Å². The summed E-state index contributed by atoms with van der Waals surface area (Å²) in [5.74, 6) is 1.75. The molecule has 0 spiro atoms. The zero-order chi connectivity index (χ0) is 14.0. The number of rotatable bonds is 3. The van der Waals surface area contributed by atoms with Gasteiger partial charge >= 0.3 is 0 Å². The second-order valence-electron chi connectivity index (χ2n) is 4.51. The number of nitrogens with zero attached hydrogens (tertiary/aromatic N) is 1. The third-order valence-corrected chi connectivity index (χ3v) is 4.10. The lowest BCUT2D eigenvalue weighted by molar-refractivity contribution is 0.411. The smallest absolute Gasteiger partial charge is 0.130 e. The molecule has 0 unspecified atom stereocenters. The van der Waals surface area contributed by atoms with Crippen molar-refractivity contribution in [1.82, 2.24) is 4.98 Å². The Labute approximate surface area is 122 Å². The summed E-state index contributed by atoms with van der Waals surface area (Å²) in [6.45, 7) is 6.18. The van der Waals surface area contributed by atoms with Crippen molar-refractivity contribution in [3.05, 3.63) is 45.6 Å². The maximum atomic E-state index is 5.32. The van der Waals surface area contributed by atoms with Gasteiger partial charge in [0.1, 0.15) is 11.6 Å². The maximum absolute atomic E-state index is 5.32. The quantitative estimate of drug-likeness (QED) is 0.902. The van der Waals surface area contributed by atoms with Crippen molar-refractivity contribution >= 4 is 27.4 Å². The average Bonchev–Trinajstić information content (AvgIpc) is 2.40. The van der Waals surface area contributed by atoms with Crippen LogP contribution in [0.4, 0.5) is 11.5 Å². The largest absolute Gasteiger partial charge is 0.496 e. The topological polar surface area (TPSA) is 34.1 Å².